The number of aliphatic hydroxyl groups excluding tert-OH is 2. The van der Waals surface area contributed by atoms with E-state index in [1.165, 1.54) is 0 Å². The summed E-state index contributed by atoms with van der Waals surface area (Å²) >= 11 is 0. The van der Waals surface area contributed by atoms with Crippen LogP contribution in [0.5, 0.6) is 5.75 Å². The summed E-state index contributed by atoms with van der Waals surface area (Å²) in [6.45, 7) is 5.00. The number of carbonyl (C=O) groups excluding carboxylic acids is 3. The number of benzene rings is 1. The predicted octanol–water partition coefficient (Wildman–Crippen LogP) is 3.78. The lowest BCUT2D eigenvalue weighted by Crippen LogP contribution is -2.39. The average molecular weight is 535 g/mol. The number of carbonyl (C=O) groups is 3. The van der Waals surface area contributed by atoms with E-state index in [1.807, 2.05) is 50.3 Å². The fraction of sp³-hybridized carbons (Fsp3) is 0.400. The number of aliphatic hydroxyl groups is 2. The van der Waals surface area contributed by atoms with E-state index in [2.05, 4.69) is 9.72 Å². The SMILES string of the molecule is COC(=O)N1C(=O)[C@@H]2[C@@H](CC(C)=C([C@H](O)CC/C(=C/c3cc(C)c(O)c(C)c3)c3ccccn3)[C@@H]2CO)C1=O. The topological polar surface area (TPSA) is 137 Å². The minimum atomic E-state index is -1.04. The van der Waals surface area contributed by atoms with Crippen LogP contribution in [0.4, 0.5) is 4.79 Å². The number of rotatable bonds is 7. The first-order valence-corrected chi connectivity index (χ1v) is 12.9. The van der Waals surface area contributed by atoms with Gasteiger partial charge in [0.25, 0.3) is 0 Å². The highest BCUT2D eigenvalue weighted by molar-refractivity contribution is 6.16. The summed E-state index contributed by atoms with van der Waals surface area (Å²) in [7, 11) is 1.10. The highest BCUT2D eigenvalue weighted by atomic mass is 16.5. The predicted molar refractivity (Wildman–Crippen MR) is 144 cm³/mol. The molecule has 2 aliphatic rings. The van der Waals surface area contributed by atoms with Crippen LogP contribution >= 0.6 is 0 Å². The zero-order valence-corrected chi connectivity index (χ0v) is 22.5. The molecule has 9 nitrogen and oxygen atoms in total. The molecule has 1 fully saturated rings. The molecular formula is C30H34N2O7. The second-order valence-corrected chi connectivity index (χ2v) is 10.3. The number of aromatic nitrogens is 1. The van der Waals surface area contributed by atoms with Crippen molar-refractivity contribution in [2.24, 2.45) is 17.8 Å². The number of phenolic OH excluding ortho intramolecular Hbond substituents is 1. The molecule has 39 heavy (non-hydrogen) atoms. The van der Waals surface area contributed by atoms with Gasteiger partial charge >= 0.3 is 6.09 Å². The van der Waals surface area contributed by atoms with Gasteiger partial charge in [0.1, 0.15) is 5.75 Å². The van der Waals surface area contributed by atoms with Crippen molar-refractivity contribution in [2.45, 2.75) is 46.1 Å². The molecule has 1 aliphatic heterocycles. The fourth-order valence-electron chi connectivity index (χ4n) is 5.94. The van der Waals surface area contributed by atoms with Gasteiger partial charge in [0, 0.05) is 12.1 Å². The third-order valence-corrected chi connectivity index (χ3v) is 7.78. The standard InChI is InChI=1S/C30H34N2O7/c1-16-13-21-26(29(37)32(28(21)36)30(38)39-4)22(15-33)25(16)24(34)9-8-20(23-7-5-6-10-31-23)14-19-11-17(2)27(35)18(3)12-19/h5-7,10-12,14,21-22,24,26,33-35H,8-9,13,15H2,1-4H3/b20-14-/t21-,22+,24-,26-/m1/s1. The molecule has 9 heteroatoms. The molecule has 4 atom stereocenters. The number of likely N-dealkylation sites (tertiary alicyclic amines) is 1. The normalized spacial score (nSPS) is 22.3. The summed E-state index contributed by atoms with van der Waals surface area (Å²) in [5.41, 5.74) is 5.26. The Morgan fingerprint density at radius 1 is 1.18 bits per heavy atom. The van der Waals surface area contributed by atoms with Crippen molar-refractivity contribution in [3.05, 3.63) is 70.1 Å². The van der Waals surface area contributed by atoms with Gasteiger partial charge in [-0.1, -0.05) is 11.6 Å². The molecule has 0 saturated carbocycles. The minimum absolute atomic E-state index is 0.209. The number of amides is 3. The Morgan fingerprint density at radius 3 is 2.46 bits per heavy atom. The highest BCUT2D eigenvalue weighted by Gasteiger charge is 2.56. The second-order valence-electron chi connectivity index (χ2n) is 10.3. The molecule has 2 heterocycles. The van der Waals surface area contributed by atoms with Crippen molar-refractivity contribution < 1.29 is 34.4 Å². The van der Waals surface area contributed by atoms with E-state index in [-0.39, 0.29) is 18.6 Å². The number of fused-ring (bicyclic) bond motifs is 1. The van der Waals surface area contributed by atoms with Gasteiger partial charge in [-0.25, -0.2) is 4.79 Å². The number of imide groups is 3. The Hall–Kier alpha value is -3.82. The van der Waals surface area contributed by atoms with E-state index in [1.54, 1.807) is 13.1 Å². The molecule has 0 spiro atoms. The summed E-state index contributed by atoms with van der Waals surface area (Å²) in [4.78, 5) is 43.0. The lowest BCUT2D eigenvalue weighted by molar-refractivity contribution is -0.137. The molecule has 206 valence electrons. The molecule has 2 aromatic rings. The van der Waals surface area contributed by atoms with Crippen molar-refractivity contribution >= 4 is 29.6 Å². The second kappa shape index (κ2) is 11.5. The smallest absolute Gasteiger partial charge is 0.423 e. The minimum Gasteiger partial charge on any atom is -0.507 e. The van der Waals surface area contributed by atoms with E-state index >= 15 is 0 Å². The highest BCUT2D eigenvalue weighted by Crippen LogP contribution is 2.46. The quantitative estimate of drug-likeness (QED) is 0.361. The van der Waals surface area contributed by atoms with Crippen LogP contribution in [0.1, 0.15) is 48.6 Å². The van der Waals surface area contributed by atoms with Crippen molar-refractivity contribution in [3.8, 4) is 5.75 Å². The Labute approximate surface area is 227 Å². The van der Waals surface area contributed by atoms with Crippen molar-refractivity contribution in [1.29, 1.82) is 0 Å². The van der Waals surface area contributed by atoms with E-state index in [0.29, 0.717) is 16.9 Å². The largest absolute Gasteiger partial charge is 0.507 e. The van der Waals surface area contributed by atoms with E-state index in [0.717, 1.165) is 40.6 Å². The number of pyridine rings is 1. The number of hydrogen-bond acceptors (Lipinski definition) is 8. The van der Waals surface area contributed by atoms with Crippen molar-refractivity contribution in [1.82, 2.24) is 9.88 Å². The number of aryl methyl sites for hydroxylation is 2. The number of nitrogens with zero attached hydrogens (tertiary/aromatic N) is 2. The van der Waals surface area contributed by atoms with Crippen LogP contribution in [0.2, 0.25) is 0 Å². The molecule has 1 saturated heterocycles. The van der Waals surface area contributed by atoms with E-state index < -0.39 is 48.4 Å². The fourth-order valence-corrected chi connectivity index (χ4v) is 5.94. The molecule has 1 aliphatic carbocycles. The van der Waals surface area contributed by atoms with Gasteiger partial charge in [-0.2, -0.15) is 4.90 Å². The first-order valence-electron chi connectivity index (χ1n) is 12.9. The molecule has 0 bridgehead atoms. The Morgan fingerprint density at radius 2 is 1.87 bits per heavy atom. The third kappa shape index (κ3) is 5.37. The van der Waals surface area contributed by atoms with E-state index in [4.69, 9.17) is 0 Å². The zero-order valence-electron chi connectivity index (χ0n) is 22.5. The van der Waals surface area contributed by atoms with E-state index in [9.17, 15) is 29.7 Å². The number of hydrogen-bond donors (Lipinski definition) is 3. The summed E-state index contributed by atoms with van der Waals surface area (Å²) < 4.78 is 4.62. The van der Waals surface area contributed by atoms with Gasteiger partial charge in [0.05, 0.1) is 37.4 Å². The Balaban J connectivity index is 1.62. The summed E-state index contributed by atoms with van der Waals surface area (Å²) in [5, 5.41) is 31.8. The van der Waals surface area contributed by atoms with Gasteiger partial charge in [-0.3, -0.25) is 14.6 Å². The average Bonchev–Trinajstić information content (AvgIpc) is 3.17. The molecule has 1 aromatic carbocycles. The maximum absolute atomic E-state index is 13.1. The first kappa shape index (κ1) is 28.2. The monoisotopic (exact) mass is 534 g/mol. The van der Waals surface area contributed by atoms with Crippen LogP contribution in [-0.4, -0.2) is 62.9 Å². The maximum Gasteiger partial charge on any atom is 0.423 e. The van der Waals surface area contributed by atoms with Gasteiger partial charge < -0.3 is 20.1 Å². The lowest BCUT2D eigenvalue weighted by atomic mass is 9.68. The first-order chi connectivity index (χ1) is 18.6. The molecule has 0 radical (unpaired) electrons. The zero-order chi connectivity index (χ0) is 28.4. The number of ether oxygens (including phenoxy) is 1. The lowest BCUT2D eigenvalue weighted by Gasteiger charge is -2.35. The van der Waals surface area contributed by atoms with Crippen LogP contribution < -0.4 is 0 Å². The molecule has 0 unspecified atom stereocenters. The maximum atomic E-state index is 13.1. The number of phenols is 1. The van der Waals surface area contributed by atoms with Crippen LogP contribution in [-0.2, 0) is 14.3 Å². The van der Waals surface area contributed by atoms with Crippen LogP contribution in [0, 0.1) is 31.6 Å². The van der Waals surface area contributed by atoms with Gasteiger partial charge in [0.2, 0.25) is 11.8 Å². The van der Waals surface area contributed by atoms with Crippen molar-refractivity contribution in [3.63, 3.8) is 0 Å². The number of allylic oxidation sites excluding steroid dienone is 2. The van der Waals surface area contributed by atoms with Gasteiger partial charge in [-0.15, -0.1) is 0 Å². The summed E-state index contributed by atoms with van der Waals surface area (Å²) in [6.07, 6.45) is 2.56. The summed E-state index contributed by atoms with van der Waals surface area (Å²) in [6, 6.07) is 9.35. The number of methoxy groups -OCH3 is 1. The Bertz CT molecular complexity index is 1330. The molecule has 3 amide bonds. The Kier molecular flexibility index (Phi) is 8.32. The van der Waals surface area contributed by atoms with Crippen LogP contribution in [0.3, 0.4) is 0 Å². The van der Waals surface area contributed by atoms with Crippen molar-refractivity contribution in [2.75, 3.05) is 13.7 Å². The van der Waals surface area contributed by atoms with Gasteiger partial charge in [-0.05, 0) is 98.2 Å². The van der Waals surface area contributed by atoms with Gasteiger partial charge in [0.15, 0.2) is 0 Å². The molecule has 4 rings (SSSR count). The third-order valence-electron chi connectivity index (χ3n) is 7.78. The molecule has 1 aromatic heterocycles. The summed E-state index contributed by atoms with van der Waals surface area (Å²) in [5.74, 6) is -3.61. The molecular weight excluding hydrogens is 500 g/mol. The molecule has 3 N–H and O–H groups in total. The van der Waals surface area contributed by atoms with Crippen LogP contribution in [0.25, 0.3) is 11.6 Å². The van der Waals surface area contributed by atoms with Crippen LogP contribution in [0.15, 0.2) is 47.7 Å². The number of aromatic hydroxyl groups is 1.